The standard InChI is InChI=1S/C14H21N3O5S/c1-5-16-13(18)9(2)17-14(19)10-6-7-11(22-4)12(8-10)23(20,21)15-3/h6-9,15H,5H2,1-4H3,(H,16,18)(H,17,19). The van der Waals surface area contributed by atoms with Crippen molar-refractivity contribution in [3.63, 3.8) is 0 Å². The highest BCUT2D eigenvalue weighted by atomic mass is 32.2. The molecule has 0 fully saturated rings. The van der Waals surface area contributed by atoms with Gasteiger partial charge in [0.05, 0.1) is 7.11 Å². The minimum absolute atomic E-state index is 0.107. The minimum atomic E-state index is -3.78. The average molecular weight is 343 g/mol. The normalized spacial score (nSPS) is 12.3. The van der Waals surface area contributed by atoms with E-state index in [1.54, 1.807) is 6.92 Å². The van der Waals surface area contributed by atoms with Crippen LogP contribution in [0.1, 0.15) is 24.2 Å². The van der Waals surface area contributed by atoms with Crippen LogP contribution in [0, 0.1) is 0 Å². The summed E-state index contributed by atoms with van der Waals surface area (Å²) in [5, 5.41) is 5.09. The van der Waals surface area contributed by atoms with E-state index in [1.165, 1.54) is 39.3 Å². The molecule has 1 rings (SSSR count). The second-order valence-electron chi connectivity index (χ2n) is 4.66. The molecule has 1 aromatic rings. The van der Waals surface area contributed by atoms with E-state index < -0.39 is 22.0 Å². The molecule has 0 aliphatic rings. The molecule has 0 saturated heterocycles. The van der Waals surface area contributed by atoms with Crippen molar-refractivity contribution < 1.29 is 22.7 Å². The van der Waals surface area contributed by atoms with Gasteiger partial charge in [0.2, 0.25) is 15.9 Å². The van der Waals surface area contributed by atoms with Gasteiger partial charge in [-0.15, -0.1) is 0 Å². The highest BCUT2D eigenvalue weighted by Crippen LogP contribution is 2.24. The fourth-order valence-corrected chi connectivity index (χ4v) is 2.73. The highest BCUT2D eigenvalue weighted by Gasteiger charge is 2.21. The third kappa shape index (κ3) is 4.67. The van der Waals surface area contributed by atoms with E-state index in [4.69, 9.17) is 4.74 Å². The Morgan fingerprint density at radius 2 is 1.96 bits per heavy atom. The van der Waals surface area contributed by atoms with Gasteiger partial charge in [-0.1, -0.05) is 0 Å². The van der Waals surface area contributed by atoms with Gasteiger partial charge < -0.3 is 15.4 Å². The monoisotopic (exact) mass is 343 g/mol. The van der Waals surface area contributed by atoms with Gasteiger partial charge in [0.15, 0.2) is 0 Å². The molecule has 3 N–H and O–H groups in total. The Morgan fingerprint density at radius 3 is 2.48 bits per heavy atom. The van der Waals surface area contributed by atoms with Gasteiger partial charge in [0.1, 0.15) is 16.7 Å². The first kappa shape index (κ1) is 18.9. The fourth-order valence-electron chi connectivity index (χ4n) is 1.81. The van der Waals surface area contributed by atoms with E-state index in [9.17, 15) is 18.0 Å². The van der Waals surface area contributed by atoms with Crippen LogP contribution in [0.3, 0.4) is 0 Å². The molecule has 1 atom stereocenters. The number of amides is 2. The number of sulfonamides is 1. The molecular weight excluding hydrogens is 322 g/mol. The van der Waals surface area contributed by atoms with E-state index in [-0.39, 0.29) is 22.1 Å². The molecule has 9 heteroatoms. The van der Waals surface area contributed by atoms with E-state index in [2.05, 4.69) is 15.4 Å². The van der Waals surface area contributed by atoms with Gasteiger partial charge in [0, 0.05) is 12.1 Å². The van der Waals surface area contributed by atoms with E-state index in [1.807, 2.05) is 0 Å². The summed E-state index contributed by atoms with van der Waals surface area (Å²) < 4.78 is 31.1. The summed E-state index contributed by atoms with van der Waals surface area (Å²) in [7, 11) is -1.19. The number of nitrogens with one attached hydrogen (secondary N) is 3. The molecule has 0 saturated carbocycles. The highest BCUT2D eigenvalue weighted by molar-refractivity contribution is 7.89. The maximum atomic E-state index is 12.2. The topological polar surface area (TPSA) is 114 Å². The van der Waals surface area contributed by atoms with Crippen LogP contribution in [-0.2, 0) is 14.8 Å². The summed E-state index contributed by atoms with van der Waals surface area (Å²) in [6.45, 7) is 3.76. The lowest BCUT2D eigenvalue weighted by Gasteiger charge is -2.14. The van der Waals surface area contributed by atoms with Crippen LogP contribution in [0.2, 0.25) is 0 Å². The maximum absolute atomic E-state index is 12.2. The van der Waals surface area contributed by atoms with Crippen LogP contribution in [0.15, 0.2) is 23.1 Å². The van der Waals surface area contributed by atoms with E-state index in [0.717, 1.165) is 0 Å². The molecule has 23 heavy (non-hydrogen) atoms. The quantitative estimate of drug-likeness (QED) is 0.637. The summed E-state index contributed by atoms with van der Waals surface area (Å²) in [6, 6.07) is 3.27. The van der Waals surface area contributed by atoms with Crippen LogP contribution < -0.4 is 20.1 Å². The number of hydrogen-bond donors (Lipinski definition) is 3. The summed E-state index contributed by atoms with van der Waals surface area (Å²) in [5.41, 5.74) is 0.107. The molecule has 0 spiro atoms. The molecule has 8 nitrogen and oxygen atoms in total. The smallest absolute Gasteiger partial charge is 0.251 e. The van der Waals surface area contributed by atoms with Crippen molar-refractivity contribution in [2.24, 2.45) is 0 Å². The van der Waals surface area contributed by atoms with Crippen LogP contribution in [0.5, 0.6) is 5.75 Å². The molecular formula is C14H21N3O5S. The summed E-state index contributed by atoms with van der Waals surface area (Å²) in [6.07, 6.45) is 0. The Labute approximate surface area is 135 Å². The summed E-state index contributed by atoms with van der Waals surface area (Å²) in [5.74, 6) is -0.760. The van der Waals surface area contributed by atoms with Crippen molar-refractivity contribution in [2.45, 2.75) is 24.8 Å². The zero-order valence-corrected chi connectivity index (χ0v) is 14.3. The molecule has 0 aliphatic carbocycles. The summed E-state index contributed by atoms with van der Waals surface area (Å²) >= 11 is 0. The fraction of sp³-hybridized carbons (Fsp3) is 0.429. The van der Waals surface area contributed by atoms with Gasteiger partial charge in [-0.3, -0.25) is 9.59 Å². The lowest BCUT2D eigenvalue weighted by molar-refractivity contribution is -0.122. The van der Waals surface area contributed by atoms with Gasteiger partial charge in [-0.2, -0.15) is 0 Å². The molecule has 1 unspecified atom stereocenters. The number of rotatable bonds is 7. The van der Waals surface area contributed by atoms with Crippen molar-refractivity contribution in [3.05, 3.63) is 23.8 Å². The van der Waals surface area contributed by atoms with E-state index in [0.29, 0.717) is 6.54 Å². The molecule has 0 heterocycles. The van der Waals surface area contributed by atoms with Crippen LogP contribution in [0.25, 0.3) is 0 Å². The molecule has 0 radical (unpaired) electrons. The third-order valence-corrected chi connectivity index (χ3v) is 4.51. The number of likely N-dealkylation sites (N-methyl/N-ethyl adjacent to an activating group) is 1. The van der Waals surface area contributed by atoms with Gasteiger partial charge in [-0.25, -0.2) is 13.1 Å². The number of benzene rings is 1. The van der Waals surface area contributed by atoms with E-state index >= 15 is 0 Å². The number of ether oxygens (including phenoxy) is 1. The van der Waals surface area contributed by atoms with Crippen molar-refractivity contribution in [1.29, 1.82) is 0 Å². The Kier molecular flexibility index (Phi) is 6.52. The first-order valence-electron chi connectivity index (χ1n) is 6.97. The Balaban J connectivity index is 3.08. The first-order valence-corrected chi connectivity index (χ1v) is 8.45. The third-order valence-electron chi connectivity index (χ3n) is 3.08. The minimum Gasteiger partial charge on any atom is -0.495 e. The predicted molar refractivity (Wildman–Crippen MR) is 84.9 cm³/mol. The molecule has 1 aromatic carbocycles. The number of carbonyl (C=O) groups is 2. The molecule has 2 amide bonds. The van der Waals surface area contributed by atoms with Gasteiger partial charge >= 0.3 is 0 Å². The maximum Gasteiger partial charge on any atom is 0.251 e. The average Bonchev–Trinajstić information content (AvgIpc) is 2.54. The number of hydrogen-bond acceptors (Lipinski definition) is 5. The molecule has 128 valence electrons. The second kappa shape index (κ2) is 7.93. The number of carbonyl (C=O) groups excluding carboxylic acids is 2. The van der Waals surface area contributed by atoms with Gasteiger partial charge in [-0.05, 0) is 39.1 Å². The zero-order valence-electron chi connectivity index (χ0n) is 13.5. The largest absolute Gasteiger partial charge is 0.495 e. The van der Waals surface area contributed by atoms with Crippen molar-refractivity contribution in [1.82, 2.24) is 15.4 Å². The first-order chi connectivity index (χ1) is 10.8. The summed E-state index contributed by atoms with van der Waals surface area (Å²) in [4.78, 5) is 23.7. The van der Waals surface area contributed by atoms with Crippen LogP contribution in [-0.4, -0.2) is 47.0 Å². The lowest BCUT2D eigenvalue weighted by atomic mass is 10.2. The zero-order chi connectivity index (χ0) is 17.6. The SMILES string of the molecule is CCNC(=O)C(C)NC(=O)c1ccc(OC)c(S(=O)(=O)NC)c1. The number of methoxy groups -OCH3 is 1. The molecule has 0 aliphatic heterocycles. The second-order valence-corrected chi connectivity index (χ2v) is 6.52. The Morgan fingerprint density at radius 1 is 1.30 bits per heavy atom. The Hall–Kier alpha value is -2.13. The Bertz CT molecular complexity index is 688. The molecule has 0 aromatic heterocycles. The predicted octanol–water partition coefficient (Wildman–Crippen LogP) is -0.142. The van der Waals surface area contributed by atoms with Crippen LogP contribution >= 0.6 is 0 Å². The van der Waals surface area contributed by atoms with Crippen molar-refractivity contribution in [3.8, 4) is 5.75 Å². The lowest BCUT2D eigenvalue weighted by Crippen LogP contribution is -2.44. The van der Waals surface area contributed by atoms with Gasteiger partial charge in [0.25, 0.3) is 5.91 Å². The van der Waals surface area contributed by atoms with Crippen LogP contribution in [0.4, 0.5) is 0 Å². The molecule has 0 bridgehead atoms. The van der Waals surface area contributed by atoms with Crippen molar-refractivity contribution >= 4 is 21.8 Å². The van der Waals surface area contributed by atoms with Crippen molar-refractivity contribution in [2.75, 3.05) is 20.7 Å².